The van der Waals surface area contributed by atoms with Gasteiger partial charge >= 0.3 is 0 Å². The number of anilines is 1. The van der Waals surface area contributed by atoms with Gasteiger partial charge in [0.1, 0.15) is 16.9 Å². The van der Waals surface area contributed by atoms with Crippen molar-refractivity contribution in [3.05, 3.63) is 12.0 Å². The first-order valence-electron chi connectivity index (χ1n) is 3.87. The summed E-state index contributed by atoms with van der Waals surface area (Å²) in [6.45, 7) is 1.86. The third-order valence-electron chi connectivity index (χ3n) is 1.82. The maximum absolute atomic E-state index is 5.69. The molecule has 0 aromatic carbocycles. The lowest BCUT2D eigenvalue weighted by atomic mass is 10.3. The molecule has 2 aromatic heterocycles. The number of nitrogens with two attached hydrogens (primary N) is 1. The third kappa shape index (κ3) is 1.09. The zero-order chi connectivity index (χ0) is 9.42. The third-order valence-corrected chi connectivity index (χ3v) is 1.82. The summed E-state index contributed by atoms with van der Waals surface area (Å²) >= 11 is 0. The van der Waals surface area contributed by atoms with Gasteiger partial charge in [-0.1, -0.05) is 0 Å². The Balaban J connectivity index is 2.83. The van der Waals surface area contributed by atoms with Crippen molar-refractivity contribution in [3.8, 4) is 5.88 Å². The summed E-state index contributed by atoms with van der Waals surface area (Å²) in [5.41, 5.74) is 7.71. The molecule has 0 spiro atoms. The van der Waals surface area contributed by atoms with Crippen molar-refractivity contribution in [1.29, 1.82) is 0 Å². The second kappa shape index (κ2) is 2.62. The predicted octanol–water partition coefficient (Wildman–Crippen LogP) is 0.857. The van der Waals surface area contributed by atoms with Crippen molar-refractivity contribution in [2.75, 3.05) is 12.8 Å². The van der Waals surface area contributed by atoms with E-state index in [-0.39, 0.29) is 0 Å². The van der Waals surface area contributed by atoms with Gasteiger partial charge in [0.25, 0.3) is 0 Å². The highest BCUT2D eigenvalue weighted by molar-refractivity contribution is 5.89. The Morgan fingerprint density at radius 1 is 1.54 bits per heavy atom. The van der Waals surface area contributed by atoms with Crippen LogP contribution in [-0.2, 0) is 0 Å². The number of hydrogen-bond donors (Lipinski definition) is 2. The Bertz CT molecular complexity index is 449. The zero-order valence-corrected chi connectivity index (χ0v) is 7.46. The van der Waals surface area contributed by atoms with Crippen LogP contribution < -0.4 is 10.5 Å². The highest BCUT2D eigenvalue weighted by Gasteiger charge is 2.09. The molecule has 5 nitrogen and oxygen atoms in total. The normalized spacial score (nSPS) is 10.6. The van der Waals surface area contributed by atoms with Gasteiger partial charge in [-0.2, -0.15) is 0 Å². The van der Waals surface area contributed by atoms with Crippen LogP contribution in [0.25, 0.3) is 11.0 Å². The van der Waals surface area contributed by atoms with E-state index in [2.05, 4.69) is 15.0 Å². The summed E-state index contributed by atoms with van der Waals surface area (Å²) in [5.74, 6) is 1.32. The number of imidazole rings is 1. The lowest BCUT2D eigenvalue weighted by Gasteiger charge is -1.99. The van der Waals surface area contributed by atoms with E-state index >= 15 is 0 Å². The maximum Gasteiger partial charge on any atom is 0.239 e. The number of methoxy groups -OCH3 is 1. The topological polar surface area (TPSA) is 76.8 Å². The first-order valence-corrected chi connectivity index (χ1v) is 3.87. The van der Waals surface area contributed by atoms with E-state index < -0.39 is 0 Å². The van der Waals surface area contributed by atoms with Crippen LogP contribution >= 0.6 is 0 Å². The van der Waals surface area contributed by atoms with Crippen LogP contribution in [0.4, 0.5) is 5.69 Å². The summed E-state index contributed by atoms with van der Waals surface area (Å²) in [7, 11) is 1.56. The van der Waals surface area contributed by atoms with Crippen LogP contribution in [0.3, 0.4) is 0 Å². The number of rotatable bonds is 1. The van der Waals surface area contributed by atoms with Gasteiger partial charge < -0.3 is 15.5 Å². The lowest BCUT2D eigenvalue weighted by Crippen LogP contribution is -1.93. The lowest BCUT2D eigenvalue weighted by molar-refractivity contribution is 0.402. The smallest absolute Gasteiger partial charge is 0.239 e. The summed E-state index contributed by atoms with van der Waals surface area (Å²) < 4.78 is 5.06. The molecule has 0 fully saturated rings. The number of nitrogens with one attached hydrogen (secondary N) is 1. The first-order chi connectivity index (χ1) is 6.22. The van der Waals surface area contributed by atoms with Crippen LogP contribution in [0, 0.1) is 6.92 Å². The molecule has 0 radical (unpaired) electrons. The number of nitrogens with zero attached hydrogens (tertiary/aromatic N) is 2. The van der Waals surface area contributed by atoms with Crippen LogP contribution in [0.2, 0.25) is 0 Å². The fraction of sp³-hybridized carbons (Fsp3) is 0.250. The van der Waals surface area contributed by atoms with Crippen LogP contribution in [0.15, 0.2) is 6.20 Å². The second-order valence-corrected chi connectivity index (χ2v) is 2.77. The van der Waals surface area contributed by atoms with Crippen molar-refractivity contribution in [2.45, 2.75) is 6.92 Å². The van der Waals surface area contributed by atoms with Crippen molar-refractivity contribution < 1.29 is 4.74 Å². The number of aromatic nitrogens is 3. The number of nitrogen functional groups attached to an aromatic ring is 1. The average Bonchev–Trinajstić information content (AvgIpc) is 2.48. The SMILES string of the molecule is COc1ncc(N)c2nc(C)[nH]c12. The van der Waals surface area contributed by atoms with Gasteiger partial charge in [0, 0.05) is 0 Å². The number of aryl methyl sites for hydroxylation is 1. The average molecular weight is 178 g/mol. The molecule has 0 saturated heterocycles. The summed E-state index contributed by atoms with van der Waals surface area (Å²) in [6.07, 6.45) is 1.54. The van der Waals surface area contributed by atoms with Crippen LogP contribution in [0.1, 0.15) is 5.82 Å². The van der Waals surface area contributed by atoms with Gasteiger partial charge in [0.05, 0.1) is 19.0 Å². The molecule has 13 heavy (non-hydrogen) atoms. The predicted molar refractivity (Wildman–Crippen MR) is 49.6 cm³/mol. The van der Waals surface area contributed by atoms with Gasteiger partial charge in [0.2, 0.25) is 5.88 Å². The van der Waals surface area contributed by atoms with Gasteiger partial charge in [-0.05, 0) is 6.92 Å². The van der Waals surface area contributed by atoms with Crippen LogP contribution in [-0.4, -0.2) is 22.1 Å². The highest BCUT2D eigenvalue weighted by atomic mass is 16.5. The molecule has 0 unspecified atom stereocenters. The molecule has 68 valence electrons. The van der Waals surface area contributed by atoms with Gasteiger partial charge in [-0.25, -0.2) is 9.97 Å². The highest BCUT2D eigenvalue weighted by Crippen LogP contribution is 2.24. The van der Waals surface area contributed by atoms with E-state index in [4.69, 9.17) is 10.5 Å². The monoisotopic (exact) mass is 178 g/mol. The number of fused-ring (bicyclic) bond motifs is 1. The minimum Gasteiger partial charge on any atom is -0.479 e. The molecule has 0 aliphatic rings. The van der Waals surface area contributed by atoms with E-state index in [1.807, 2.05) is 6.92 Å². The minimum absolute atomic E-state index is 0.518. The fourth-order valence-electron chi connectivity index (χ4n) is 1.26. The Kier molecular flexibility index (Phi) is 1.58. The van der Waals surface area contributed by atoms with E-state index in [1.54, 1.807) is 13.3 Å². The summed E-state index contributed by atoms with van der Waals surface area (Å²) in [5, 5.41) is 0. The minimum atomic E-state index is 0.518. The molecule has 0 amide bonds. The molecule has 3 N–H and O–H groups in total. The van der Waals surface area contributed by atoms with Crippen molar-refractivity contribution in [2.24, 2.45) is 0 Å². The van der Waals surface area contributed by atoms with E-state index in [9.17, 15) is 0 Å². The second-order valence-electron chi connectivity index (χ2n) is 2.77. The van der Waals surface area contributed by atoms with Gasteiger partial charge in [0.15, 0.2) is 0 Å². The van der Waals surface area contributed by atoms with Crippen molar-refractivity contribution in [1.82, 2.24) is 15.0 Å². The molecular formula is C8H10N4O. The molecule has 2 rings (SSSR count). The largest absolute Gasteiger partial charge is 0.479 e. The fourth-order valence-corrected chi connectivity index (χ4v) is 1.26. The van der Waals surface area contributed by atoms with E-state index in [0.717, 1.165) is 11.3 Å². The summed E-state index contributed by atoms with van der Waals surface area (Å²) in [4.78, 5) is 11.3. The van der Waals surface area contributed by atoms with E-state index in [0.29, 0.717) is 17.1 Å². The number of H-pyrrole nitrogens is 1. The number of aromatic amines is 1. The summed E-state index contributed by atoms with van der Waals surface area (Å²) in [6, 6.07) is 0. The first kappa shape index (κ1) is 7.85. The van der Waals surface area contributed by atoms with Gasteiger partial charge in [-0.15, -0.1) is 0 Å². The van der Waals surface area contributed by atoms with Gasteiger partial charge in [-0.3, -0.25) is 0 Å². The molecule has 0 aliphatic carbocycles. The number of hydrogen-bond acceptors (Lipinski definition) is 4. The van der Waals surface area contributed by atoms with E-state index in [1.165, 1.54) is 0 Å². The van der Waals surface area contributed by atoms with Crippen LogP contribution in [0.5, 0.6) is 5.88 Å². The Morgan fingerprint density at radius 3 is 3.00 bits per heavy atom. The maximum atomic E-state index is 5.69. The molecule has 0 atom stereocenters. The zero-order valence-electron chi connectivity index (χ0n) is 7.46. The molecule has 2 aromatic rings. The molecule has 2 heterocycles. The molecule has 5 heteroatoms. The van der Waals surface area contributed by atoms with Crippen molar-refractivity contribution >= 4 is 16.7 Å². The molecular weight excluding hydrogens is 168 g/mol. The number of pyridine rings is 1. The quantitative estimate of drug-likeness (QED) is 0.678. The number of ether oxygens (including phenoxy) is 1. The molecule has 0 aliphatic heterocycles. The molecule has 0 saturated carbocycles. The standard InChI is InChI=1S/C8H10N4O/c1-4-11-6-5(9)3-10-8(13-2)7(6)12-4/h3H,9H2,1-2H3,(H,11,12). The Labute approximate surface area is 74.9 Å². The molecule has 0 bridgehead atoms. The Morgan fingerprint density at radius 2 is 2.31 bits per heavy atom. The van der Waals surface area contributed by atoms with Crippen molar-refractivity contribution in [3.63, 3.8) is 0 Å². The Hall–Kier alpha value is -1.78.